The van der Waals surface area contributed by atoms with Crippen LogP contribution < -0.4 is 0 Å². The lowest BCUT2D eigenvalue weighted by Crippen LogP contribution is -2.19. The zero-order valence-corrected chi connectivity index (χ0v) is 5.53. The fourth-order valence-corrected chi connectivity index (χ4v) is 2.08. The molecule has 0 aliphatic heterocycles. The topological polar surface area (TPSA) is 0 Å². The van der Waals surface area contributed by atoms with E-state index in [0.717, 1.165) is 10.7 Å². The van der Waals surface area contributed by atoms with Crippen LogP contribution in [0.2, 0.25) is 0 Å². The molecule has 0 amide bonds. The third-order valence-electron chi connectivity index (χ3n) is 1.32. The van der Waals surface area contributed by atoms with E-state index < -0.39 is 0 Å². The maximum atomic E-state index is 3.50. The van der Waals surface area contributed by atoms with Crippen molar-refractivity contribution in [3.8, 4) is 0 Å². The molecule has 0 aromatic rings. The Balaban J connectivity index is 2.11. The molecule has 1 aliphatic carbocycles. The van der Waals surface area contributed by atoms with Crippen LogP contribution in [-0.4, -0.2) is 4.83 Å². The summed E-state index contributed by atoms with van der Waals surface area (Å²) in [6.45, 7) is 2.29. The molecule has 0 atom stereocenters. The molecule has 1 fully saturated rings. The Morgan fingerprint density at radius 2 is 2.00 bits per heavy atom. The Morgan fingerprint density at radius 3 is 2.00 bits per heavy atom. The Bertz CT molecular complexity index is 39.9. The van der Waals surface area contributed by atoms with Gasteiger partial charge < -0.3 is 0 Å². The van der Waals surface area contributed by atoms with Crippen LogP contribution in [0.5, 0.6) is 0 Å². The van der Waals surface area contributed by atoms with Gasteiger partial charge in [0.25, 0.3) is 0 Å². The molecule has 0 aromatic carbocycles. The number of hydrogen-bond donors (Lipinski definition) is 0. The van der Waals surface area contributed by atoms with Gasteiger partial charge in [0.05, 0.1) is 0 Å². The van der Waals surface area contributed by atoms with Gasteiger partial charge in [0.2, 0.25) is 0 Å². The van der Waals surface area contributed by atoms with E-state index in [9.17, 15) is 0 Å². The zero-order valence-electron chi connectivity index (χ0n) is 3.95. The van der Waals surface area contributed by atoms with Crippen LogP contribution in [-0.2, 0) is 0 Å². The number of halogens is 1. The fourth-order valence-electron chi connectivity index (χ4n) is 0.804. The van der Waals surface area contributed by atoms with Gasteiger partial charge in [-0.25, -0.2) is 0 Å². The maximum Gasteiger partial charge on any atom is 0.0150 e. The first-order valence-electron chi connectivity index (χ1n) is 2.43. The van der Waals surface area contributed by atoms with E-state index in [1.807, 2.05) is 0 Å². The highest BCUT2D eigenvalue weighted by Gasteiger charge is 2.21. The largest absolute Gasteiger partial charge is 0.0890 e. The average molecular weight is 149 g/mol. The molecular formula is C5H9Br. The molecule has 0 spiro atoms. The first-order chi connectivity index (χ1) is 2.79. The predicted molar refractivity (Wildman–Crippen MR) is 31.1 cm³/mol. The Morgan fingerprint density at radius 1 is 1.50 bits per heavy atom. The van der Waals surface area contributed by atoms with E-state index in [2.05, 4.69) is 22.9 Å². The zero-order chi connectivity index (χ0) is 4.57. The molecule has 1 heteroatoms. The van der Waals surface area contributed by atoms with Crippen LogP contribution in [0.15, 0.2) is 0 Å². The number of rotatable bonds is 0. The molecule has 6 heavy (non-hydrogen) atoms. The van der Waals surface area contributed by atoms with Gasteiger partial charge in [0, 0.05) is 4.83 Å². The fraction of sp³-hybridized carbons (Fsp3) is 1.00. The van der Waals surface area contributed by atoms with Crippen LogP contribution in [0.25, 0.3) is 0 Å². The summed E-state index contributed by atoms with van der Waals surface area (Å²) < 4.78 is 0. The summed E-state index contributed by atoms with van der Waals surface area (Å²) in [6, 6.07) is 0. The molecule has 0 nitrogen and oxygen atoms in total. The van der Waals surface area contributed by atoms with Crippen LogP contribution in [0, 0.1) is 5.92 Å². The highest BCUT2D eigenvalue weighted by molar-refractivity contribution is 9.09. The molecular weight excluding hydrogens is 140 g/mol. The molecule has 1 saturated carbocycles. The lowest BCUT2D eigenvalue weighted by Gasteiger charge is -2.26. The van der Waals surface area contributed by atoms with Gasteiger partial charge in [-0.3, -0.25) is 0 Å². The van der Waals surface area contributed by atoms with Crippen molar-refractivity contribution in [3.05, 3.63) is 0 Å². The third-order valence-corrected chi connectivity index (χ3v) is 2.06. The second-order valence-corrected chi connectivity index (χ2v) is 3.47. The van der Waals surface area contributed by atoms with E-state index in [1.54, 1.807) is 0 Å². The van der Waals surface area contributed by atoms with E-state index in [1.165, 1.54) is 12.8 Å². The Kier molecular flexibility index (Phi) is 1.18. The number of hydrogen-bond acceptors (Lipinski definition) is 0. The van der Waals surface area contributed by atoms with Gasteiger partial charge in [0.1, 0.15) is 0 Å². The lowest BCUT2D eigenvalue weighted by molar-refractivity contribution is 0.366. The van der Waals surface area contributed by atoms with Crippen LogP contribution in [0.4, 0.5) is 0 Å². The van der Waals surface area contributed by atoms with E-state index in [0.29, 0.717) is 0 Å². The summed E-state index contributed by atoms with van der Waals surface area (Å²) in [5.74, 6) is 0.995. The molecule has 36 valence electrons. The summed E-state index contributed by atoms with van der Waals surface area (Å²) in [4.78, 5) is 0.854. The van der Waals surface area contributed by atoms with Crippen molar-refractivity contribution >= 4 is 15.9 Å². The highest BCUT2D eigenvalue weighted by Crippen LogP contribution is 2.32. The second-order valence-electron chi connectivity index (χ2n) is 2.17. The van der Waals surface area contributed by atoms with E-state index in [4.69, 9.17) is 0 Å². The van der Waals surface area contributed by atoms with E-state index >= 15 is 0 Å². The quantitative estimate of drug-likeness (QED) is 0.463. The van der Waals surface area contributed by atoms with Crippen molar-refractivity contribution in [2.45, 2.75) is 24.6 Å². The SMILES string of the molecule is C[C@H]1C[C@@H](Br)C1. The Labute approximate surface area is 47.1 Å². The van der Waals surface area contributed by atoms with Crippen molar-refractivity contribution in [2.75, 3.05) is 0 Å². The van der Waals surface area contributed by atoms with Crippen molar-refractivity contribution < 1.29 is 0 Å². The minimum Gasteiger partial charge on any atom is -0.0890 e. The van der Waals surface area contributed by atoms with Gasteiger partial charge in [-0.15, -0.1) is 0 Å². The van der Waals surface area contributed by atoms with Crippen molar-refractivity contribution in [3.63, 3.8) is 0 Å². The van der Waals surface area contributed by atoms with Crippen LogP contribution in [0.1, 0.15) is 19.8 Å². The molecule has 1 rings (SSSR count). The summed E-state index contributed by atoms with van der Waals surface area (Å²) in [7, 11) is 0. The molecule has 0 bridgehead atoms. The second kappa shape index (κ2) is 1.53. The van der Waals surface area contributed by atoms with Crippen LogP contribution in [0.3, 0.4) is 0 Å². The number of alkyl halides is 1. The Hall–Kier alpha value is 0.480. The van der Waals surface area contributed by atoms with Crippen molar-refractivity contribution in [1.82, 2.24) is 0 Å². The van der Waals surface area contributed by atoms with Gasteiger partial charge >= 0.3 is 0 Å². The summed E-state index contributed by atoms with van der Waals surface area (Å²) in [5, 5.41) is 0. The first kappa shape index (κ1) is 4.63. The highest BCUT2D eigenvalue weighted by atomic mass is 79.9. The predicted octanol–water partition coefficient (Wildman–Crippen LogP) is 2.18. The molecule has 0 unspecified atom stereocenters. The molecule has 1 aliphatic rings. The average Bonchev–Trinajstić information content (AvgIpc) is 1.33. The molecule has 0 aromatic heterocycles. The summed E-state index contributed by atoms with van der Waals surface area (Å²) >= 11 is 3.50. The molecule has 0 N–H and O–H groups in total. The summed E-state index contributed by atoms with van der Waals surface area (Å²) in [5.41, 5.74) is 0. The monoisotopic (exact) mass is 148 g/mol. The normalized spacial score (nSPS) is 45.0. The van der Waals surface area contributed by atoms with Crippen molar-refractivity contribution in [2.24, 2.45) is 5.92 Å². The van der Waals surface area contributed by atoms with Gasteiger partial charge in [-0.1, -0.05) is 22.9 Å². The smallest absolute Gasteiger partial charge is 0.0150 e. The van der Waals surface area contributed by atoms with E-state index in [-0.39, 0.29) is 0 Å². The van der Waals surface area contributed by atoms with Gasteiger partial charge in [-0.2, -0.15) is 0 Å². The van der Waals surface area contributed by atoms with Crippen molar-refractivity contribution in [1.29, 1.82) is 0 Å². The van der Waals surface area contributed by atoms with Crippen LogP contribution >= 0.6 is 15.9 Å². The summed E-state index contributed by atoms with van der Waals surface area (Å²) in [6.07, 6.45) is 2.78. The first-order valence-corrected chi connectivity index (χ1v) is 3.34. The lowest BCUT2D eigenvalue weighted by atomic mass is 9.87. The molecule has 0 radical (unpaired) electrons. The minimum atomic E-state index is 0.854. The van der Waals surface area contributed by atoms with Gasteiger partial charge in [-0.05, 0) is 18.8 Å². The maximum absolute atomic E-state index is 3.50. The standard InChI is InChI=1S/C5H9Br/c1-4-2-5(6)3-4/h4-5H,2-3H2,1H3/t4-,5+. The van der Waals surface area contributed by atoms with Gasteiger partial charge in [0.15, 0.2) is 0 Å². The minimum absolute atomic E-state index is 0.854. The molecule has 0 heterocycles. The molecule has 0 saturated heterocycles. The third kappa shape index (κ3) is 0.754.